The van der Waals surface area contributed by atoms with Crippen molar-refractivity contribution >= 4 is 35.0 Å². The number of nitriles is 1. The first kappa shape index (κ1) is 23.3. The lowest BCUT2D eigenvalue weighted by Gasteiger charge is -2.19. The first-order chi connectivity index (χ1) is 16.4. The summed E-state index contributed by atoms with van der Waals surface area (Å²) in [6, 6.07) is 22.5. The van der Waals surface area contributed by atoms with Gasteiger partial charge < -0.3 is 5.32 Å². The Hall–Kier alpha value is -3.89. The molecule has 3 aromatic rings. The molecule has 1 atom stereocenters. The lowest BCUT2D eigenvalue weighted by Crippen LogP contribution is -2.30. The molecular weight excluding hydrogens is 449 g/mol. The van der Waals surface area contributed by atoms with E-state index in [-0.39, 0.29) is 16.5 Å². The SMILES string of the molecule is Cc1ccc(N2C(=O)C(Cc3cccc(C)c3)S/C2=C(\C#N)C(=O)Nc2ccc(F)cc2)cc1. The summed E-state index contributed by atoms with van der Waals surface area (Å²) in [6.45, 7) is 3.93. The minimum atomic E-state index is -0.655. The summed E-state index contributed by atoms with van der Waals surface area (Å²) in [5.74, 6) is -1.27. The Bertz CT molecular complexity index is 1310. The van der Waals surface area contributed by atoms with E-state index in [4.69, 9.17) is 0 Å². The second-order valence-corrected chi connectivity index (χ2v) is 9.25. The van der Waals surface area contributed by atoms with E-state index in [9.17, 15) is 19.2 Å². The number of benzene rings is 3. The smallest absolute Gasteiger partial charge is 0.269 e. The van der Waals surface area contributed by atoms with Gasteiger partial charge in [-0.2, -0.15) is 5.26 Å². The molecule has 34 heavy (non-hydrogen) atoms. The van der Waals surface area contributed by atoms with Crippen LogP contribution in [0.1, 0.15) is 16.7 Å². The van der Waals surface area contributed by atoms with Gasteiger partial charge in [0, 0.05) is 11.4 Å². The number of halogens is 1. The number of aryl methyl sites for hydroxylation is 2. The Morgan fingerprint density at radius 3 is 2.41 bits per heavy atom. The summed E-state index contributed by atoms with van der Waals surface area (Å²) in [7, 11) is 0. The van der Waals surface area contributed by atoms with Crippen LogP contribution in [0.4, 0.5) is 15.8 Å². The fraction of sp³-hybridized carbons (Fsp3) is 0.148. The summed E-state index contributed by atoms with van der Waals surface area (Å²) < 4.78 is 13.2. The fourth-order valence-electron chi connectivity index (χ4n) is 3.70. The third-order valence-electron chi connectivity index (χ3n) is 5.40. The van der Waals surface area contributed by atoms with E-state index < -0.39 is 17.0 Å². The number of nitrogens with one attached hydrogen (secondary N) is 1. The lowest BCUT2D eigenvalue weighted by atomic mass is 10.1. The molecule has 1 N–H and O–H groups in total. The number of anilines is 2. The van der Waals surface area contributed by atoms with Gasteiger partial charge >= 0.3 is 0 Å². The van der Waals surface area contributed by atoms with Gasteiger partial charge in [-0.05, 0) is 62.2 Å². The molecule has 1 unspecified atom stereocenters. The monoisotopic (exact) mass is 471 g/mol. The zero-order valence-electron chi connectivity index (χ0n) is 18.7. The first-order valence-electron chi connectivity index (χ1n) is 10.7. The van der Waals surface area contributed by atoms with Gasteiger partial charge in [-0.3, -0.25) is 14.5 Å². The zero-order chi connectivity index (χ0) is 24.2. The Morgan fingerprint density at radius 2 is 1.76 bits per heavy atom. The minimum absolute atomic E-state index is 0.171. The summed E-state index contributed by atoms with van der Waals surface area (Å²) in [4.78, 5) is 28.0. The number of amides is 2. The van der Waals surface area contributed by atoms with Crippen molar-refractivity contribution in [2.75, 3.05) is 10.2 Å². The van der Waals surface area contributed by atoms with Gasteiger partial charge in [-0.1, -0.05) is 59.3 Å². The molecule has 5 nitrogen and oxygen atoms in total. The normalized spacial score (nSPS) is 16.8. The summed E-state index contributed by atoms with van der Waals surface area (Å²) in [5.41, 5.74) is 3.90. The van der Waals surface area contributed by atoms with E-state index in [1.807, 2.05) is 56.3 Å². The second kappa shape index (κ2) is 9.94. The maximum atomic E-state index is 13.5. The van der Waals surface area contributed by atoms with Crippen LogP contribution in [0.15, 0.2) is 83.4 Å². The molecule has 0 aliphatic carbocycles. The van der Waals surface area contributed by atoms with Crippen LogP contribution in [0.3, 0.4) is 0 Å². The van der Waals surface area contributed by atoms with E-state index >= 15 is 0 Å². The van der Waals surface area contributed by atoms with Gasteiger partial charge in [-0.15, -0.1) is 0 Å². The van der Waals surface area contributed by atoms with E-state index in [1.54, 1.807) is 12.1 Å². The molecule has 7 heteroatoms. The molecule has 0 aromatic heterocycles. The van der Waals surface area contributed by atoms with Crippen LogP contribution >= 0.6 is 11.8 Å². The maximum absolute atomic E-state index is 13.5. The molecular formula is C27H22FN3O2S. The van der Waals surface area contributed by atoms with Gasteiger partial charge in [-0.25, -0.2) is 4.39 Å². The number of hydrogen-bond donors (Lipinski definition) is 1. The van der Waals surface area contributed by atoms with Crippen LogP contribution < -0.4 is 10.2 Å². The fourth-order valence-corrected chi connectivity index (χ4v) is 5.00. The zero-order valence-corrected chi connectivity index (χ0v) is 19.5. The van der Waals surface area contributed by atoms with Crippen LogP contribution in [-0.2, 0) is 16.0 Å². The number of rotatable bonds is 5. The van der Waals surface area contributed by atoms with Gasteiger partial charge in [0.2, 0.25) is 5.91 Å². The molecule has 170 valence electrons. The molecule has 1 aliphatic rings. The average molecular weight is 472 g/mol. The number of carbonyl (C=O) groups is 2. The molecule has 2 amide bonds. The van der Waals surface area contributed by atoms with Crippen LogP contribution in [0.5, 0.6) is 0 Å². The largest absolute Gasteiger partial charge is 0.321 e. The van der Waals surface area contributed by atoms with Crippen LogP contribution in [0.2, 0.25) is 0 Å². The van der Waals surface area contributed by atoms with Crippen molar-refractivity contribution in [1.29, 1.82) is 5.26 Å². The van der Waals surface area contributed by atoms with Crippen molar-refractivity contribution in [3.05, 3.63) is 106 Å². The summed E-state index contributed by atoms with van der Waals surface area (Å²) >= 11 is 1.21. The predicted octanol–water partition coefficient (Wildman–Crippen LogP) is 5.51. The maximum Gasteiger partial charge on any atom is 0.269 e. The molecule has 1 heterocycles. The van der Waals surface area contributed by atoms with Crippen LogP contribution in [0, 0.1) is 31.0 Å². The van der Waals surface area contributed by atoms with Gasteiger partial charge in [0.05, 0.1) is 5.25 Å². The predicted molar refractivity (Wildman–Crippen MR) is 133 cm³/mol. The highest BCUT2D eigenvalue weighted by Crippen LogP contribution is 2.42. The number of carbonyl (C=O) groups excluding carboxylic acids is 2. The molecule has 0 spiro atoms. The van der Waals surface area contributed by atoms with Gasteiger partial charge in [0.15, 0.2) is 0 Å². The highest BCUT2D eigenvalue weighted by atomic mass is 32.2. The van der Waals surface area contributed by atoms with Crippen molar-refractivity contribution in [1.82, 2.24) is 0 Å². The van der Waals surface area contributed by atoms with Gasteiger partial charge in [0.25, 0.3) is 5.91 Å². The Morgan fingerprint density at radius 1 is 1.06 bits per heavy atom. The third kappa shape index (κ3) is 5.03. The van der Waals surface area contributed by atoms with Crippen LogP contribution in [-0.4, -0.2) is 17.1 Å². The lowest BCUT2D eigenvalue weighted by molar-refractivity contribution is -0.117. The van der Waals surface area contributed by atoms with Crippen LogP contribution in [0.25, 0.3) is 0 Å². The first-order valence-corrected chi connectivity index (χ1v) is 11.6. The van der Waals surface area contributed by atoms with Crippen molar-refractivity contribution in [3.63, 3.8) is 0 Å². The second-order valence-electron chi connectivity index (χ2n) is 8.06. The Kier molecular flexibility index (Phi) is 6.80. The molecule has 3 aromatic carbocycles. The molecule has 1 fully saturated rings. The van der Waals surface area contributed by atoms with E-state index in [1.165, 1.54) is 40.9 Å². The molecule has 0 radical (unpaired) electrons. The molecule has 0 saturated carbocycles. The number of thioether (sulfide) groups is 1. The highest BCUT2D eigenvalue weighted by molar-refractivity contribution is 8.05. The quantitative estimate of drug-likeness (QED) is 0.394. The third-order valence-corrected chi connectivity index (χ3v) is 6.67. The molecule has 4 rings (SSSR count). The summed E-state index contributed by atoms with van der Waals surface area (Å²) in [6.07, 6.45) is 0.468. The molecule has 1 saturated heterocycles. The average Bonchev–Trinajstić information content (AvgIpc) is 3.12. The van der Waals surface area contributed by atoms with Gasteiger partial charge in [0.1, 0.15) is 22.5 Å². The van der Waals surface area contributed by atoms with Crippen molar-refractivity contribution in [3.8, 4) is 6.07 Å². The molecule has 0 bridgehead atoms. The van der Waals surface area contributed by atoms with E-state index in [2.05, 4.69) is 5.32 Å². The minimum Gasteiger partial charge on any atom is -0.321 e. The topological polar surface area (TPSA) is 73.2 Å². The van der Waals surface area contributed by atoms with Crippen molar-refractivity contribution in [2.45, 2.75) is 25.5 Å². The molecule has 1 aliphatic heterocycles. The Balaban J connectivity index is 1.72. The van der Waals surface area contributed by atoms with E-state index in [0.717, 1.165) is 16.7 Å². The highest BCUT2D eigenvalue weighted by Gasteiger charge is 2.40. The Labute approximate surface area is 201 Å². The van der Waals surface area contributed by atoms with Crippen molar-refractivity contribution < 1.29 is 14.0 Å². The summed E-state index contributed by atoms with van der Waals surface area (Å²) in [5, 5.41) is 12.3. The number of hydrogen-bond acceptors (Lipinski definition) is 4. The number of nitrogens with zero attached hydrogens (tertiary/aromatic N) is 2. The standard InChI is InChI=1S/C27H22FN3O2S/c1-17-6-12-22(13-7-17)31-26(33)24(15-19-5-3-4-18(2)14-19)34-27(31)23(16-29)25(32)30-21-10-8-20(28)9-11-21/h3-14,24H,15H2,1-2H3,(H,30,32)/b27-23+. The van der Waals surface area contributed by atoms with E-state index in [0.29, 0.717) is 17.8 Å². The van der Waals surface area contributed by atoms with Crippen molar-refractivity contribution in [2.24, 2.45) is 0 Å².